The van der Waals surface area contributed by atoms with Crippen LogP contribution in [-0.2, 0) is 13.0 Å². The summed E-state index contributed by atoms with van der Waals surface area (Å²) in [5.74, 6) is 1.60. The molecule has 0 saturated heterocycles. The molecule has 1 aromatic heterocycles. The molecule has 1 aliphatic rings. The van der Waals surface area contributed by atoms with Crippen LogP contribution in [0, 0.1) is 13.8 Å². The Balaban J connectivity index is 1.84. The van der Waals surface area contributed by atoms with Crippen molar-refractivity contribution in [2.24, 2.45) is 0 Å². The number of aromatic amines is 1. The predicted molar refractivity (Wildman–Crippen MR) is 116 cm³/mol. The maximum absolute atomic E-state index is 13.3. The maximum Gasteiger partial charge on any atom is 0.235 e. The number of aromatic nitrogens is 1. The van der Waals surface area contributed by atoms with Gasteiger partial charge in [0.25, 0.3) is 0 Å². The Morgan fingerprint density at radius 1 is 1.10 bits per heavy atom. The van der Waals surface area contributed by atoms with Crippen LogP contribution in [-0.4, -0.2) is 42.4 Å². The second-order valence-electron chi connectivity index (χ2n) is 8.04. The third-order valence-corrected chi connectivity index (χ3v) is 6.04. The van der Waals surface area contributed by atoms with Crippen LogP contribution in [0.1, 0.15) is 70.9 Å². The molecule has 30 heavy (non-hydrogen) atoms. The molecular formula is C24H33N2O4+. The lowest BCUT2D eigenvalue weighted by Gasteiger charge is -2.30. The van der Waals surface area contributed by atoms with Gasteiger partial charge in [0.05, 0.1) is 25.5 Å². The van der Waals surface area contributed by atoms with Gasteiger partial charge in [-0.15, -0.1) is 0 Å². The Bertz CT molecular complexity index is 961. The van der Waals surface area contributed by atoms with E-state index in [4.69, 9.17) is 9.47 Å². The van der Waals surface area contributed by atoms with E-state index in [1.807, 2.05) is 34.6 Å². The first-order chi connectivity index (χ1) is 14.3. The van der Waals surface area contributed by atoms with Crippen molar-refractivity contribution in [1.29, 1.82) is 0 Å². The summed E-state index contributed by atoms with van der Waals surface area (Å²) in [6.45, 7) is 14.0. The fourth-order valence-electron chi connectivity index (χ4n) is 4.50. The summed E-state index contributed by atoms with van der Waals surface area (Å²) in [6.07, 6.45) is 0.885. The molecule has 0 bridgehead atoms. The minimum absolute atomic E-state index is 0.0132. The van der Waals surface area contributed by atoms with E-state index in [0.717, 1.165) is 42.3 Å². The average molecular weight is 414 g/mol. The first-order valence-electron chi connectivity index (χ1n) is 10.8. The lowest BCUT2D eigenvalue weighted by atomic mass is 9.96. The predicted octanol–water partition coefficient (Wildman–Crippen LogP) is 2.84. The minimum Gasteiger partial charge on any atom is -0.490 e. The number of ketones is 2. The zero-order valence-electron chi connectivity index (χ0n) is 18.9. The van der Waals surface area contributed by atoms with Crippen LogP contribution < -0.4 is 14.4 Å². The molecule has 0 radical (unpaired) electrons. The first-order valence-corrected chi connectivity index (χ1v) is 10.8. The summed E-state index contributed by atoms with van der Waals surface area (Å²) in [6, 6.07) is 3.94. The second kappa shape index (κ2) is 9.04. The van der Waals surface area contributed by atoms with Crippen LogP contribution in [0.25, 0.3) is 0 Å². The number of carbonyl (C=O) groups is 2. The molecule has 6 heteroatoms. The Morgan fingerprint density at radius 3 is 2.23 bits per heavy atom. The molecule has 2 heterocycles. The topological polar surface area (TPSA) is 72.8 Å². The number of carbonyl (C=O) groups excluding carboxylic acids is 2. The molecule has 0 amide bonds. The molecule has 2 N–H and O–H groups in total. The number of fused-ring (bicyclic) bond motifs is 1. The van der Waals surface area contributed by atoms with Crippen molar-refractivity contribution in [2.45, 2.75) is 60.5 Å². The van der Waals surface area contributed by atoms with Gasteiger partial charge >= 0.3 is 0 Å². The molecule has 0 spiro atoms. The van der Waals surface area contributed by atoms with Crippen LogP contribution in [0.4, 0.5) is 0 Å². The summed E-state index contributed by atoms with van der Waals surface area (Å²) in [5, 5.41) is 0. The quantitative estimate of drug-likeness (QED) is 0.653. The first kappa shape index (κ1) is 22.1. The molecule has 0 fully saturated rings. The highest BCUT2D eigenvalue weighted by molar-refractivity contribution is 6.04. The Kier molecular flexibility index (Phi) is 6.66. The van der Waals surface area contributed by atoms with E-state index in [-0.39, 0.29) is 17.6 Å². The van der Waals surface area contributed by atoms with Crippen LogP contribution in [0.5, 0.6) is 11.5 Å². The summed E-state index contributed by atoms with van der Waals surface area (Å²) in [5.41, 5.74) is 5.18. The Morgan fingerprint density at radius 2 is 1.70 bits per heavy atom. The fraction of sp³-hybridized carbons (Fsp3) is 0.500. The highest BCUT2D eigenvalue weighted by atomic mass is 16.5. The molecule has 1 unspecified atom stereocenters. The fourth-order valence-corrected chi connectivity index (χ4v) is 4.50. The van der Waals surface area contributed by atoms with Crippen molar-refractivity contribution in [2.75, 3.05) is 19.8 Å². The van der Waals surface area contributed by atoms with Gasteiger partial charge < -0.3 is 19.4 Å². The highest BCUT2D eigenvalue weighted by Gasteiger charge is 2.33. The molecule has 1 aromatic carbocycles. The zero-order chi connectivity index (χ0) is 22.0. The number of nitrogens with one attached hydrogen (secondary N) is 2. The number of ether oxygens (including phenoxy) is 2. The minimum atomic E-state index is -0.211. The van der Waals surface area contributed by atoms with Gasteiger partial charge in [0.1, 0.15) is 6.54 Å². The number of rotatable bonds is 8. The smallest absolute Gasteiger partial charge is 0.235 e. The molecule has 162 valence electrons. The van der Waals surface area contributed by atoms with E-state index in [2.05, 4.69) is 17.1 Å². The van der Waals surface area contributed by atoms with Crippen LogP contribution in [0.2, 0.25) is 0 Å². The third-order valence-electron chi connectivity index (χ3n) is 6.04. The highest BCUT2D eigenvalue weighted by Crippen LogP contribution is 2.32. The van der Waals surface area contributed by atoms with Gasteiger partial charge in [-0.2, -0.15) is 0 Å². The van der Waals surface area contributed by atoms with E-state index in [0.29, 0.717) is 24.5 Å². The SMILES string of the molecule is CCOc1cc2c(cc1OCC)C[NH+]([C@@H](C)C(=O)c1[nH]c(C)c(C(C)=O)c1C)CC2. The van der Waals surface area contributed by atoms with Crippen LogP contribution >= 0.6 is 0 Å². The van der Waals surface area contributed by atoms with Gasteiger partial charge in [-0.05, 0) is 64.8 Å². The van der Waals surface area contributed by atoms with Crippen LogP contribution in [0.3, 0.4) is 0 Å². The summed E-state index contributed by atoms with van der Waals surface area (Å²) in [4.78, 5) is 29.6. The summed E-state index contributed by atoms with van der Waals surface area (Å²) in [7, 11) is 0. The second-order valence-corrected chi connectivity index (χ2v) is 8.04. The van der Waals surface area contributed by atoms with Crippen molar-refractivity contribution in [3.05, 3.63) is 45.8 Å². The Labute approximate surface area is 178 Å². The molecule has 1 aliphatic heterocycles. The van der Waals surface area contributed by atoms with Gasteiger partial charge in [-0.3, -0.25) is 9.59 Å². The average Bonchev–Trinajstić information content (AvgIpc) is 3.01. The van der Waals surface area contributed by atoms with Crippen LogP contribution in [0.15, 0.2) is 12.1 Å². The summed E-state index contributed by atoms with van der Waals surface area (Å²) < 4.78 is 11.5. The molecule has 0 aliphatic carbocycles. The maximum atomic E-state index is 13.3. The molecule has 6 nitrogen and oxygen atoms in total. The molecule has 0 saturated carbocycles. The number of hydrogen-bond acceptors (Lipinski definition) is 4. The normalized spacial score (nSPS) is 16.7. The van der Waals surface area contributed by atoms with Gasteiger partial charge in [-0.25, -0.2) is 0 Å². The van der Waals surface area contributed by atoms with Gasteiger partial charge in [-0.1, -0.05) is 0 Å². The number of hydrogen-bond donors (Lipinski definition) is 2. The van der Waals surface area contributed by atoms with Gasteiger partial charge in [0, 0.05) is 23.2 Å². The van der Waals surface area contributed by atoms with E-state index in [1.165, 1.54) is 16.0 Å². The van der Waals surface area contributed by atoms with E-state index < -0.39 is 0 Å². The monoisotopic (exact) mass is 413 g/mol. The van der Waals surface area contributed by atoms with Crippen molar-refractivity contribution in [3.63, 3.8) is 0 Å². The number of aryl methyl sites for hydroxylation is 1. The third kappa shape index (κ3) is 4.15. The van der Waals surface area contributed by atoms with Crippen molar-refractivity contribution < 1.29 is 24.0 Å². The summed E-state index contributed by atoms with van der Waals surface area (Å²) >= 11 is 0. The van der Waals surface area contributed by atoms with Crippen molar-refractivity contribution >= 4 is 11.6 Å². The largest absolute Gasteiger partial charge is 0.490 e. The lowest BCUT2D eigenvalue weighted by Crippen LogP contribution is -3.16. The number of H-pyrrole nitrogens is 1. The number of Topliss-reactive ketones (excluding diaryl/α,β-unsaturated/α-hetero) is 2. The molecule has 2 aromatic rings. The molecular weight excluding hydrogens is 380 g/mol. The van der Waals surface area contributed by atoms with Gasteiger partial charge in [0.2, 0.25) is 5.78 Å². The zero-order valence-corrected chi connectivity index (χ0v) is 18.9. The van der Waals surface area contributed by atoms with Crippen molar-refractivity contribution in [1.82, 2.24) is 4.98 Å². The van der Waals surface area contributed by atoms with Crippen molar-refractivity contribution in [3.8, 4) is 11.5 Å². The molecule has 3 rings (SSSR count). The molecule has 2 atom stereocenters. The number of benzene rings is 1. The Hall–Kier alpha value is -2.60. The van der Waals surface area contributed by atoms with E-state index in [9.17, 15) is 9.59 Å². The van der Waals surface area contributed by atoms with E-state index >= 15 is 0 Å². The van der Waals surface area contributed by atoms with E-state index in [1.54, 1.807) is 6.92 Å². The lowest BCUT2D eigenvalue weighted by molar-refractivity contribution is -0.929. The standard InChI is InChI=1S/C24H32N2O4/c1-7-29-20-11-18-9-10-26(13-19(18)12-21(20)30-8-2)16(5)24(28)23-14(3)22(17(6)27)15(4)25-23/h11-12,16,25H,7-10,13H2,1-6H3/p+1/t16-/m0/s1. The number of quaternary nitrogens is 1. The van der Waals surface area contributed by atoms with Gasteiger partial charge in [0.15, 0.2) is 23.3 Å².